The average Bonchev–Trinajstić information content (AvgIpc) is 3.11. The molecule has 20 heavy (non-hydrogen) atoms. The number of fused-ring (bicyclic) bond motifs is 3. The molecule has 6 heteroatoms. The second kappa shape index (κ2) is 4.86. The van der Waals surface area contributed by atoms with Crippen LogP contribution in [0.15, 0.2) is 23.9 Å². The molecule has 0 fully saturated rings. The summed E-state index contributed by atoms with van der Waals surface area (Å²) in [7, 11) is 2.00. The van der Waals surface area contributed by atoms with Gasteiger partial charge in [0.2, 0.25) is 0 Å². The molecule has 0 unspecified atom stereocenters. The fraction of sp³-hybridized carbons (Fsp3) is 0.357. The van der Waals surface area contributed by atoms with E-state index in [2.05, 4.69) is 21.1 Å². The second-order valence-electron chi connectivity index (χ2n) is 5.04. The number of aryl methyl sites for hydroxylation is 3. The highest BCUT2D eigenvalue weighted by molar-refractivity contribution is 7.98. The lowest BCUT2D eigenvalue weighted by atomic mass is 10.2. The van der Waals surface area contributed by atoms with Gasteiger partial charge in [0.05, 0.1) is 12.0 Å². The van der Waals surface area contributed by atoms with Crippen LogP contribution >= 0.6 is 23.1 Å². The van der Waals surface area contributed by atoms with Crippen molar-refractivity contribution >= 4 is 33.3 Å². The summed E-state index contributed by atoms with van der Waals surface area (Å²) >= 11 is 3.61. The predicted octanol–water partition coefficient (Wildman–Crippen LogP) is 3.21. The molecule has 0 saturated carbocycles. The van der Waals surface area contributed by atoms with Crippen molar-refractivity contribution in [3.63, 3.8) is 0 Å². The van der Waals surface area contributed by atoms with E-state index in [4.69, 9.17) is 0 Å². The standard InChI is InChI=1S/C14H14N4S2/c1-18-5-9(17-8-18)6-19-13-12-10-3-2-4-11(10)20-14(12)16-7-15-13/h5,7-8H,2-4,6H2,1H3. The predicted molar refractivity (Wildman–Crippen MR) is 82.2 cm³/mol. The minimum atomic E-state index is 0.859. The summed E-state index contributed by atoms with van der Waals surface area (Å²) in [6, 6.07) is 0. The van der Waals surface area contributed by atoms with Crippen LogP contribution in [-0.4, -0.2) is 19.5 Å². The molecule has 1 aliphatic carbocycles. The van der Waals surface area contributed by atoms with Gasteiger partial charge in [-0.3, -0.25) is 0 Å². The van der Waals surface area contributed by atoms with Crippen LogP contribution < -0.4 is 0 Å². The molecule has 3 aromatic rings. The van der Waals surface area contributed by atoms with Crippen molar-refractivity contribution in [1.29, 1.82) is 0 Å². The Bertz CT molecular complexity index is 775. The van der Waals surface area contributed by atoms with E-state index in [0.717, 1.165) is 21.3 Å². The average molecular weight is 302 g/mol. The Labute approximate surface area is 125 Å². The van der Waals surface area contributed by atoms with Gasteiger partial charge in [0, 0.05) is 29.3 Å². The van der Waals surface area contributed by atoms with Crippen LogP contribution in [0.25, 0.3) is 10.2 Å². The van der Waals surface area contributed by atoms with Crippen molar-refractivity contribution in [2.75, 3.05) is 0 Å². The maximum atomic E-state index is 4.50. The van der Waals surface area contributed by atoms with Crippen molar-refractivity contribution in [1.82, 2.24) is 19.5 Å². The molecule has 0 spiro atoms. The van der Waals surface area contributed by atoms with Crippen LogP contribution in [0.3, 0.4) is 0 Å². The monoisotopic (exact) mass is 302 g/mol. The number of hydrogen-bond acceptors (Lipinski definition) is 5. The zero-order valence-corrected chi connectivity index (χ0v) is 12.8. The molecule has 0 aliphatic heterocycles. The molecule has 102 valence electrons. The molecule has 4 nitrogen and oxygen atoms in total. The first-order valence-electron chi connectivity index (χ1n) is 6.66. The van der Waals surface area contributed by atoms with E-state index in [-0.39, 0.29) is 0 Å². The highest BCUT2D eigenvalue weighted by Crippen LogP contribution is 2.40. The number of rotatable bonds is 3. The lowest BCUT2D eigenvalue weighted by Gasteiger charge is -2.02. The zero-order valence-electron chi connectivity index (χ0n) is 11.2. The van der Waals surface area contributed by atoms with Gasteiger partial charge in [-0.1, -0.05) is 11.8 Å². The molecular formula is C14H14N4S2. The van der Waals surface area contributed by atoms with Gasteiger partial charge in [0.1, 0.15) is 16.2 Å². The summed E-state index contributed by atoms with van der Waals surface area (Å²) in [6.07, 6.45) is 9.25. The first-order chi connectivity index (χ1) is 9.81. The topological polar surface area (TPSA) is 43.6 Å². The summed E-state index contributed by atoms with van der Waals surface area (Å²) in [5.41, 5.74) is 2.59. The van der Waals surface area contributed by atoms with Crippen molar-refractivity contribution < 1.29 is 0 Å². The lowest BCUT2D eigenvalue weighted by molar-refractivity contribution is 0.913. The molecular weight excluding hydrogens is 288 g/mol. The van der Waals surface area contributed by atoms with Gasteiger partial charge in [-0.25, -0.2) is 15.0 Å². The van der Waals surface area contributed by atoms with E-state index in [1.165, 1.54) is 35.1 Å². The summed E-state index contributed by atoms with van der Waals surface area (Å²) in [4.78, 5) is 16.0. The van der Waals surface area contributed by atoms with Crippen LogP contribution in [0.5, 0.6) is 0 Å². The number of aromatic nitrogens is 4. The number of nitrogens with zero attached hydrogens (tertiary/aromatic N) is 4. The Morgan fingerprint density at radius 3 is 3.10 bits per heavy atom. The molecule has 4 rings (SSSR count). The van der Waals surface area contributed by atoms with E-state index in [9.17, 15) is 0 Å². The third-order valence-corrected chi connectivity index (χ3v) is 5.80. The largest absolute Gasteiger partial charge is 0.340 e. The first-order valence-corrected chi connectivity index (χ1v) is 8.46. The molecule has 0 saturated heterocycles. The fourth-order valence-electron chi connectivity index (χ4n) is 2.69. The lowest BCUT2D eigenvalue weighted by Crippen LogP contribution is -1.88. The summed E-state index contributed by atoms with van der Waals surface area (Å²) in [6.45, 7) is 0. The Kier molecular flexibility index (Phi) is 3.00. The zero-order chi connectivity index (χ0) is 13.5. The summed E-state index contributed by atoms with van der Waals surface area (Å²) in [5.74, 6) is 0.859. The Hall–Kier alpha value is -1.40. The normalized spacial score (nSPS) is 14.1. The van der Waals surface area contributed by atoms with Crippen LogP contribution in [0.1, 0.15) is 22.6 Å². The summed E-state index contributed by atoms with van der Waals surface area (Å²) < 4.78 is 1.98. The SMILES string of the molecule is Cn1cnc(CSc2ncnc3sc4c(c23)CCC4)c1. The fourth-order valence-corrected chi connectivity index (χ4v) is 4.91. The van der Waals surface area contributed by atoms with Crippen LogP contribution in [0, 0.1) is 0 Å². The minimum absolute atomic E-state index is 0.859. The molecule has 0 bridgehead atoms. The maximum absolute atomic E-state index is 4.50. The third kappa shape index (κ3) is 2.03. The number of imidazole rings is 1. The first kappa shape index (κ1) is 12.3. The molecule has 0 atom stereocenters. The van der Waals surface area contributed by atoms with Gasteiger partial charge >= 0.3 is 0 Å². The highest BCUT2D eigenvalue weighted by atomic mass is 32.2. The van der Waals surface area contributed by atoms with Crippen molar-refractivity contribution in [3.8, 4) is 0 Å². The molecule has 0 aromatic carbocycles. The Balaban J connectivity index is 1.69. The van der Waals surface area contributed by atoms with Gasteiger partial charge in [-0.2, -0.15) is 0 Å². The Morgan fingerprint density at radius 2 is 2.25 bits per heavy atom. The number of thioether (sulfide) groups is 1. The smallest absolute Gasteiger partial charge is 0.128 e. The van der Waals surface area contributed by atoms with Gasteiger partial charge in [-0.15, -0.1) is 11.3 Å². The molecule has 0 radical (unpaired) electrons. The number of hydrogen-bond donors (Lipinski definition) is 0. The van der Waals surface area contributed by atoms with E-state index in [1.54, 1.807) is 18.1 Å². The second-order valence-corrected chi connectivity index (χ2v) is 7.08. The van der Waals surface area contributed by atoms with Gasteiger partial charge in [-0.05, 0) is 24.8 Å². The quantitative estimate of drug-likeness (QED) is 0.550. The summed E-state index contributed by atoms with van der Waals surface area (Å²) in [5, 5.41) is 2.41. The maximum Gasteiger partial charge on any atom is 0.128 e. The molecule has 3 aromatic heterocycles. The molecule has 1 aliphatic rings. The van der Waals surface area contributed by atoms with E-state index in [0.29, 0.717) is 0 Å². The number of thiophene rings is 1. The third-order valence-electron chi connectivity index (χ3n) is 3.58. The van der Waals surface area contributed by atoms with Gasteiger partial charge < -0.3 is 4.57 Å². The highest BCUT2D eigenvalue weighted by Gasteiger charge is 2.21. The van der Waals surface area contributed by atoms with Crippen LogP contribution in [0.2, 0.25) is 0 Å². The van der Waals surface area contributed by atoms with E-state index >= 15 is 0 Å². The minimum Gasteiger partial charge on any atom is -0.340 e. The van der Waals surface area contributed by atoms with Crippen molar-refractivity contribution in [2.24, 2.45) is 7.05 Å². The van der Waals surface area contributed by atoms with Crippen molar-refractivity contribution in [3.05, 3.63) is 35.0 Å². The Morgan fingerprint density at radius 1 is 1.30 bits per heavy atom. The van der Waals surface area contributed by atoms with E-state index < -0.39 is 0 Å². The molecule has 3 heterocycles. The van der Waals surface area contributed by atoms with Crippen LogP contribution in [-0.2, 0) is 25.6 Å². The molecule has 0 amide bonds. The van der Waals surface area contributed by atoms with Gasteiger partial charge in [0.15, 0.2) is 0 Å². The van der Waals surface area contributed by atoms with E-state index in [1.807, 2.05) is 29.3 Å². The van der Waals surface area contributed by atoms with Crippen molar-refractivity contribution in [2.45, 2.75) is 30.0 Å². The van der Waals surface area contributed by atoms with Crippen LogP contribution in [0.4, 0.5) is 0 Å². The van der Waals surface area contributed by atoms with Gasteiger partial charge in [0.25, 0.3) is 0 Å². The molecule has 0 N–H and O–H groups in total.